The van der Waals surface area contributed by atoms with E-state index in [2.05, 4.69) is 4.98 Å². The summed E-state index contributed by atoms with van der Waals surface area (Å²) in [4.78, 5) is 3.85. The van der Waals surface area contributed by atoms with Crippen molar-refractivity contribution in [3.63, 3.8) is 0 Å². The molecule has 0 fully saturated rings. The summed E-state index contributed by atoms with van der Waals surface area (Å²) in [6.07, 6.45) is 0. The van der Waals surface area contributed by atoms with Crippen LogP contribution in [-0.4, -0.2) is 10.1 Å². The van der Waals surface area contributed by atoms with Crippen molar-refractivity contribution in [2.45, 2.75) is 6.92 Å². The van der Waals surface area contributed by atoms with Crippen LogP contribution in [0.15, 0.2) is 12.1 Å². The van der Waals surface area contributed by atoms with Gasteiger partial charge in [-0.05, 0) is 6.92 Å². The zero-order chi connectivity index (χ0) is 6.85. The lowest BCUT2D eigenvalue weighted by Gasteiger charge is -1.95. The van der Waals surface area contributed by atoms with Crippen LogP contribution in [0.5, 0.6) is 5.75 Å². The van der Waals surface area contributed by atoms with E-state index < -0.39 is 0 Å². The van der Waals surface area contributed by atoms with Crippen LogP contribution in [0.4, 0.5) is 5.82 Å². The first-order valence-electron chi connectivity index (χ1n) is 2.61. The monoisotopic (exact) mass is 124 g/mol. The number of nitrogens with two attached hydrogens (primary N) is 1. The molecule has 0 aromatic carbocycles. The molecule has 0 bridgehead atoms. The molecule has 0 aliphatic carbocycles. The van der Waals surface area contributed by atoms with Crippen molar-refractivity contribution in [2.24, 2.45) is 0 Å². The minimum Gasteiger partial charge on any atom is -0.508 e. The first-order chi connectivity index (χ1) is 4.18. The molecule has 1 rings (SSSR count). The van der Waals surface area contributed by atoms with Crippen LogP contribution in [0.3, 0.4) is 0 Å². The molecule has 0 amide bonds. The third-order valence-corrected chi connectivity index (χ3v) is 0.958. The Morgan fingerprint density at radius 1 is 1.56 bits per heavy atom. The molecule has 9 heavy (non-hydrogen) atoms. The lowest BCUT2D eigenvalue weighted by atomic mass is 10.3. The number of aromatic hydroxyl groups is 1. The van der Waals surface area contributed by atoms with Crippen LogP contribution in [0, 0.1) is 6.92 Å². The fourth-order valence-electron chi connectivity index (χ4n) is 0.675. The van der Waals surface area contributed by atoms with Crippen LogP contribution in [-0.2, 0) is 0 Å². The standard InChI is InChI=1S/C6H8N2O/c1-4-2-5(9)3-6(7)8-4/h2-3H,1H3,(H3,7,8,9). The Kier molecular flexibility index (Phi) is 1.26. The van der Waals surface area contributed by atoms with Gasteiger partial charge in [0.15, 0.2) is 0 Å². The van der Waals surface area contributed by atoms with Crippen LogP contribution in [0.1, 0.15) is 5.69 Å². The Balaban J connectivity index is 3.17. The highest BCUT2D eigenvalue weighted by Crippen LogP contribution is 2.11. The van der Waals surface area contributed by atoms with E-state index in [-0.39, 0.29) is 5.75 Å². The molecular weight excluding hydrogens is 116 g/mol. The largest absolute Gasteiger partial charge is 0.508 e. The lowest BCUT2D eigenvalue weighted by Crippen LogP contribution is -1.90. The molecule has 48 valence electrons. The molecule has 3 N–H and O–H groups in total. The van der Waals surface area contributed by atoms with Gasteiger partial charge in [0.2, 0.25) is 0 Å². The summed E-state index contributed by atoms with van der Waals surface area (Å²) in [5, 5.41) is 8.87. The van der Waals surface area contributed by atoms with Gasteiger partial charge in [-0.3, -0.25) is 0 Å². The maximum Gasteiger partial charge on any atom is 0.127 e. The molecule has 0 aliphatic heterocycles. The van der Waals surface area contributed by atoms with Gasteiger partial charge >= 0.3 is 0 Å². The molecular formula is C6H8N2O. The summed E-state index contributed by atoms with van der Waals surface area (Å²) >= 11 is 0. The van der Waals surface area contributed by atoms with E-state index in [9.17, 15) is 0 Å². The van der Waals surface area contributed by atoms with Crippen molar-refractivity contribution < 1.29 is 5.11 Å². The molecule has 0 saturated carbocycles. The fourth-order valence-corrected chi connectivity index (χ4v) is 0.675. The fraction of sp³-hybridized carbons (Fsp3) is 0.167. The highest BCUT2D eigenvalue weighted by atomic mass is 16.3. The summed E-state index contributed by atoms with van der Waals surface area (Å²) < 4.78 is 0. The van der Waals surface area contributed by atoms with Gasteiger partial charge in [0.25, 0.3) is 0 Å². The minimum absolute atomic E-state index is 0.167. The first kappa shape index (κ1) is 5.88. The molecule has 0 saturated heterocycles. The number of nitrogens with zero attached hydrogens (tertiary/aromatic N) is 1. The van der Waals surface area contributed by atoms with Gasteiger partial charge in [-0.15, -0.1) is 0 Å². The van der Waals surface area contributed by atoms with E-state index in [1.165, 1.54) is 6.07 Å². The molecule has 0 unspecified atom stereocenters. The van der Waals surface area contributed by atoms with Crippen molar-refractivity contribution in [3.8, 4) is 5.75 Å². The topological polar surface area (TPSA) is 59.1 Å². The Labute approximate surface area is 53.2 Å². The van der Waals surface area contributed by atoms with Gasteiger partial charge in [0, 0.05) is 17.8 Å². The third-order valence-electron chi connectivity index (χ3n) is 0.958. The van der Waals surface area contributed by atoms with Gasteiger partial charge in [-0.25, -0.2) is 4.98 Å². The zero-order valence-corrected chi connectivity index (χ0v) is 5.13. The number of nitrogen functional groups attached to an aromatic ring is 1. The summed E-state index contributed by atoms with van der Waals surface area (Å²) in [7, 11) is 0. The average molecular weight is 124 g/mol. The zero-order valence-electron chi connectivity index (χ0n) is 5.13. The van der Waals surface area contributed by atoms with Gasteiger partial charge in [0.05, 0.1) is 0 Å². The smallest absolute Gasteiger partial charge is 0.127 e. The van der Waals surface area contributed by atoms with Crippen LogP contribution >= 0.6 is 0 Å². The highest BCUT2D eigenvalue weighted by molar-refractivity contribution is 5.37. The second kappa shape index (κ2) is 1.93. The predicted octanol–water partition coefficient (Wildman–Crippen LogP) is 0.678. The molecule has 3 heteroatoms. The number of aryl methyl sites for hydroxylation is 1. The Morgan fingerprint density at radius 3 is 2.67 bits per heavy atom. The summed E-state index contributed by atoms with van der Waals surface area (Å²) in [6.45, 7) is 1.77. The van der Waals surface area contributed by atoms with E-state index in [0.717, 1.165) is 5.69 Å². The summed E-state index contributed by atoms with van der Waals surface area (Å²) in [5.74, 6) is 0.521. The van der Waals surface area contributed by atoms with Crippen molar-refractivity contribution in [1.82, 2.24) is 4.98 Å². The van der Waals surface area contributed by atoms with Crippen LogP contribution < -0.4 is 5.73 Å². The molecule has 1 aromatic heterocycles. The van der Waals surface area contributed by atoms with Gasteiger partial charge in [0.1, 0.15) is 11.6 Å². The predicted molar refractivity (Wildman–Crippen MR) is 35.1 cm³/mol. The average Bonchev–Trinajstić information content (AvgIpc) is 1.59. The lowest BCUT2D eigenvalue weighted by molar-refractivity contribution is 0.474. The van der Waals surface area contributed by atoms with Crippen LogP contribution in [0.25, 0.3) is 0 Å². The van der Waals surface area contributed by atoms with Crippen molar-refractivity contribution in [1.29, 1.82) is 0 Å². The van der Waals surface area contributed by atoms with Crippen molar-refractivity contribution in [3.05, 3.63) is 17.8 Å². The summed E-state index contributed by atoms with van der Waals surface area (Å²) in [5.41, 5.74) is 6.02. The molecule has 0 spiro atoms. The Bertz CT molecular complexity index is 172. The third kappa shape index (κ3) is 1.32. The molecule has 1 aromatic rings. The number of anilines is 1. The number of hydrogen-bond acceptors (Lipinski definition) is 3. The number of hydrogen-bond donors (Lipinski definition) is 2. The Morgan fingerprint density at radius 2 is 2.22 bits per heavy atom. The second-order valence-electron chi connectivity index (χ2n) is 1.89. The minimum atomic E-state index is 0.167. The number of pyridine rings is 1. The molecule has 0 atom stereocenters. The molecule has 0 aliphatic rings. The normalized spacial score (nSPS) is 9.44. The molecule has 1 heterocycles. The van der Waals surface area contributed by atoms with Crippen molar-refractivity contribution >= 4 is 5.82 Å². The van der Waals surface area contributed by atoms with Crippen molar-refractivity contribution in [2.75, 3.05) is 5.73 Å². The second-order valence-corrected chi connectivity index (χ2v) is 1.89. The molecule has 3 nitrogen and oxygen atoms in total. The quantitative estimate of drug-likeness (QED) is 0.534. The first-order valence-corrected chi connectivity index (χ1v) is 2.61. The van der Waals surface area contributed by atoms with E-state index in [4.69, 9.17) is 10.8 Å². The SMILES string of the molecule is Cc1cc(O)cc(N)n1. The van der Waals surface area contributed by atoms with E-state index in [1.54, 1.807) is 13.0 Å². The van der Waals surface area contributed by atoms with Gasteiger partial charge < -0.3 is 10.8 Å². The maximum absolute atomic E-state index is 8.87. The number of rotatable bonds is 0. The molecule has 0 radical (unpaired) electrons. The maximum atomic E-state index is 8.87. The number of aromatic nitrogens is 1. The van der Waals surface area contributed by atoms with E-state index in [0.29, 0.717) is 5.82 Å². The highest BCUT2D eigenvalue weighted by Gasteiger charge is 1.91. The van der Waals surface area contributed by atoms with E-state index in [1.807, 2.05) is 0 Å². The van der Waals surface area contributed by atoms with Crippen LogP contribution in [0.2, 0.25) is 0 Å². The van der Waals surface area contributed by atoms with Gasteiger partial charge in [-0.2, -0.15) is 0 Å². The van der Waals surface area contributed by atoms with Gasteiger partial charge in [-0.1, -0.05) is 0 Å². The van der Waals surface area contributed by atoms with E-state index >= 15 is 0 Å². The summed E-state index contributed by atoms with van der Waals surface area (Å²) in [6, 6.07) is 2.96. The Hall–Kier alpha value is -1.25.